The molecular formula is C18H24N3O3S2+. The van der Waals surface area contributed by atoms with Crippen molar-refractivity contribution in [1.82, 2.24) is 4.31 Å². The second-order valence-electron chi connectivity index (χ2n) is 6.72. The van der Waals surface area contributed by atoms with Crippen LogP contribution in [-0.2, 0) is 21.2 Å². The molecule has 0 radical (unpaired) electrons. The van der Waals surface area contributed by atoms with Crippen LogP contribution in [0.1, 0.15) is 23.4 Å². The Kier molecular flexibility index (Phi) is 5.47. The lowest BCUT2D eigenvalue weighted by Gasteiger charge is -2.29. The predicted molar refractivity (Wildman–Crippen MR) is 103 cm³/mol. The zero-order valence-electron chi connectivity index (χ0n) is 15.2. The quantitative estimate of drug-likeness (QED) is 0.799. The molecule has 0 aliphatic carbocycles. The zero-order valence-corrected chi connectivity index (χ0v) is 16.8. The van der Waals surface area contributed by atoms with Gasteiger partial charge < -0.3 is 10.2 Å². The van der Waals surface area contributed by atoms with Gasteiger partial charge in [0.25, 0.3) is 5.91 Å². The van der Waals surface area contributed by atoms with Gasteiger partial charge in [0.1, 0.15) is 6.04 Å². The maximum absolute atomic E-state index is 12.4. The van der Waals surface area contributed by atoms with Crippen LogP contribution in [0.5, 0.6) is 0 Å². The molecule has 0 saturated carbocycles. The number of carbonyl (C=O) groups excluding carboxylic acids is 1. The summed E-state index contributed by atoms with van der Waals surface area (Å²) >= 11 is 1.79. The van der Waals surface area contributed by atoms with Crippen LogP contribution in [0, 0.1) is 0 Å². The molecule has 26 heavy (non-hydrogen) atoms. The van der Waals surface area contributed by atoms with E-state index < -0.39 is 10.0 Å². The van der Waals surface area contributed by atoms with E-state index in [2.05, 4.69) is 23.7 Å². The van der Waals surface area contributed by atoms with Crippen LogP contribution < -0.4 is 10.2 Å². The topological polar surface area (TPSA) is 70.9 Å². The number of rotatable bonds is 5. The van der Waals surface area contributed by atoms with E-state index in [4.69, 9.17) is 0 Å². The number of sulfonamides is 1. The summed E-state index contributed by atoms with van der Waals surface area (Å²) in [7, 11) is -0.472. The largest absolute Gasteiger partial charge is 0.321 e. The predicted octanol–water partition coefficient (Wildman–Crippen LogP) is 1.14. The highest BCUT2D eigenvalue weighted by Crippen LogP contribution is 2.24. The van der Waals surface area contributed by atoms with Crippen LogP contribution in [0.3, 0.4) is 0 Å². The Morgan fingerprint density at radius 2 is 1.96 bits per heavy atom. The van der Waals surface area contributed by atoms with Gasteiger partial charge in [-0.3, -0.25) is 4.79 Å². The summed E-state index contributed by atoms with van der Waals surface area (Å²) in [5.74, 6) is -0.0613. The molecule has 0 spiro atoms. The molecule has 8 heteroatoms. The van der Waals surface area contributed by atoms with Crippen molar-refractivity contribution in [2.75, 3.05) is 32.5 Å². The minimum absolute atomic E-state index is 0.0613. The minimum atomic E-state index is -3.46. The number of nitrogens with zero attached hydrogens (tertiary/aromatic N) is 1. The van der Waals surface area contributed by atoms with Crippen molar-refractivity contribution in [2.45, 2.75) is 24.3 Å². The summed E-state index contributed by atoms with van der Waals surface area (Å²) in [5, 5.41) is 4.99. The summed E-state index contributed by atoms with van der Waals surface area (Å²) < 4.78 is 25.3. The molecular weight excluding hydrogens is 370 g/mol. The molecule has 6 nitrogen and oxygen atoms in total. The third-order valence-electron chi connectivity index (χ3n) is 4.84. The second-order valence-corrected chi connectivity index (χ2v) is 9.87. The van der Waals surface area contributed by atoms with Crippen molar-refractivity contribution in [1.29, 1.82) is 0 Å². The Balaban J connectivity index is 1.62. The van der Waals surface area contributed by atoms with Crippen molar-refractivity contribution in [3.05, 3.63) is 46.2 Å². The van der Waals surface area contributed by atoms with E-state index in [-0.39, 0.29) is 10.8 Å². The molecule has 1 aliphatic heterocycles. The van der Waals surface area contributed by atoms with E-state index in [1.807, 2.05) is 0 Å². The van der Waals surface area contributed by atoms with Crippen molar-refractivity contribution >= 4 is 33.0 Å². The summed E-state index contributed by atoms with van der Waals surface area (Å²) in [5.41, 5.74) is 1.95. The summed E-state index contributed by atoms with van der Waals surface area (Å²) in [6, 6.07) is 8.74. The van der Waals surface area contributed by atoms with Gasteiger partial charge in [0, 0.05) is 36.6 Å². The molecule has 1 amide bonds. The van der Waals surface area contributed by atoms with Crippen molar-refractivity contribution < 1.29 is 18.1 Å². The second kappa shape index (κ2) is 7.48. The molecule has 140 valence electrons. The first-order chi connectivity index (χ1) is 12.3. The van der Waals surface area contributed by atoms with Crippen LogP contribution in [0.4, 0.5) is 5.69 Å². The molecule has 1 aromatic carbocycles. The summed E-state index contributed by atoms with van der Waals surface area (Å²) in [6.45, 7) is 3.50. The fourth-order valence-electron chi connectivity index (χ4n) is 3.22. The van der Waals surface area contributed by atoms with E-state index in [0.29, 0.717) is 18.3 Å². The van der Waals surface area contributed by atoms with Crippen LogP contribution in [0.2, 0.25) is 0 Å². The monoisotopic (exact) mass is 394 g/mol. The Bertz CT molecular complexity index is 889. The first-order valence-electron chi connectivity index (χ1n) is 8.52. The Hall–Kier alpha value is -1.74. The highest BCUT2D eigenvalue weighted by molar-refractivity contribution is 7.89. The normalized spacial score (nSPS) is 20.0. The van der Waals surface area contributed by atoms with E-state index >= 15 is 0 Å². The highest BCUT2D eigenvalue weighted by atomic mass is 32.2. The number of hydrogen-bond acceptors (Lipinski definition) is 4. The van der Waals surface area contributed by atoms with Gasteiger partial charge in [-0.2, -0.15) is 0 Å². The molecule has 2 aromatic rings. The smallest absolute Gasteiger partial charge is 0.279 e. The molecule has 0 fully saturated rings. The van der Waals surface area contributed by atoms with Crippen molar-refractivity contribution in [2.24, 2.45) is 0 Å². The third-order valence-corrected chi connectivity index (χ3v) is 7.66. The lowest BCUT2D eigenvalue weighted by molar-refractivity contribution is -0.923. The van der Waals surface area contributed by atoms with Crippen LogP contribution in [0.15, 0.2) is 40.6 Å². The number of fused-ring (bicyclic) bond motifs is 1. The highest BCUT2D eigenvalue weighted by Gasteiger charge is 2.29. The van der Waals surface area contributed by atoms with E-state index in [0.717, 1.165) is 13.0 Å². The van der Waals surface area contributed by atoms with Gasteiger partial charge in [-0.25, -0.2) is 12.7 Å². The van der Waals surface area contributed by atoms with Crippen molar-refractivity contribution in [3.63, 3.8) is 0 Å². The third kappa shape index (κ3) is 3.83. The lowest BCUT2D eigenvalue weighted by Crippen LogP contribution is -3.14. The number of hydrogen-bond donors (Lipinski definition) is 2. The van der Waals surface area contributed by atoms with Gasteiger partial charge >= 0.3 is 0 Å². The van der Waals surface area contributed by atoms with Gasteiger partial charge in [0.15, 0.2) is 6.54 Å². The minimum Gasteiger partial charge on any atom is -0.321 e. The molecule has 2 N–H and O–H groups in total. The number of nitrogens with one attached hydrogen (secondary N) is 2. The number of thiophene rings is 1. The average Bonchev–Trinajstić information content (AvgIpc) is 3.07. The van der Waals surface area contributed by atoms with Crippen LogP contribution in [0.25, 0.3) is 0 Å². The SMILES string of the molecule is C[C@@H]1c2ccsc2CC[NH+]1CC(=O)Nc1ccc(S(=O)(=O)N(C)C)cc1. The molecule has 2 heterocycles. The standard InChI is InChI=1S/C18H23N3O3S2/c1-13-16-9-11-25-17(16)8-10-21(13)12-18(22)19-14-4-6-15(7-5-14)26(23,24)20(2)3/h4-7,9,11,13H,8,10,12H2,1-3H3,(H,19,22)/p+1/t13-/m1/s1. The summed E-state index contributed by atoms with van der Waals surface area (Å²) in [4.78, 5) is 15.3. The molecule has 1 unspecified atom stereocenters. The van der Waals surface area contributed by atoms with Gasteiger partial charge in [0.2, 0.25) is 10.0 Å². The molecule has 3 rings (SSSR count). The first kappa shape index (κ1) is 19.0. The molecule has 1 aliphatic rings. The van der Waals surface area contributed by atoms with E-state index in [1.165, 1.54) is 45.9 Å². The number of anilines is 1. The molecule has 0 saturated heterocycles. The lowest BCUT2D eigenvalue weighted by atomic mass is 10.0. The number of amides is 1. The van der Waals surface area contributed by atoms with E-state index in [9.17, 15) is 13.2 Å². The zero-order chi connectivity index (χ0) is 18.9. The maximum atomic E-state index is 12.4. The maximum Gasteiger partial charge on any atom is 0.279 e. The van der Waals surface area contributed by atoms with Gasteiger partial charge in [-0.15, -0.1) is 11.3 Å². The first-order valence-corrected chi connectivity index (χ1v) is 10.8. The van der Waals surface area contributed by atoms with Gasteiger partial charge in [-0.1, -0.05) is 0 Å². The summed E-state index contributed by atoms with van der Waals surface area (Å²) in [6.07, 6.45) is 1.01. The molecule has 2 atom stereocenters. The van der Waals surface area contributed by atoms with Crippen LogP contribution in [-0.4, -0.2) is 45.8 Å². The Morgan fingerprint density at radius 1 is 1.27 bits per heavy atom. The fraction of sp³-hybridized carbons (Fsp3) is 0.389. The van der Waals surface area contributed by atoms with Gasteiger partial charge in [-0.05, 0) is 42.6 Å². The number of carbonyl (C=O) groups is 1. The Labute approximate surface area is 158 Å². The fourth-order valence-corrected chi connectivity index (χ4v) is 5.11. The van der Waals surface area contributed by atoms with E-state index in [1.54, 1.807) is 23.5 Å². The molecule has 1 aromatic heterocycles. The number of quaternary nitrogens is 1. The van der Waals surface area contributed by atoms with Crippen molar-refractivity contribution in [3.8, 4) is 0 Å². The average molecular weight is 395 g/mol. The van der Waals surface area contributed by atoms with Crippen LogP contribution >= 0.6 is 11.3 Å². The Morgan fingerprint density at radius 3 is 2.62 bits per heavy atom. The number of benzene rings is 1. The van der Waals surface area contributed by atoms with Gasteiger partial charge in [0.05, 0.1) is 11.4 Å². The molecule has 0 bridgehead atoms.